The van der Waals surface area contributed by atoms with Gasteiger partial charge in [0.15, 0.2) is 0 Å². The second-order valence-electron chi connectivity index (χ2n) is 3.65. The quantitative estimate of drug-likeness (QED) is 0.715. The van der Waals surface area contributed by atoms with Crippen LogP contribution in [0.5, 0.6) is 0 Å². The number of halogens is 1. The lowest BCUT2D eigenvalue weighted by atomic mass is 10.2. The Kier molecular flexibility index (Phi) is 2.53. The summed E-state index contributed by atoms with van der Waals surface area (Å²) in [5.74, 6) is 0. The Morgan fingerprint density at radius 1 is 1.40 bits per heavy atom. The second-order valence-corrected chi connectivity index (χ2v) is 4.09. The number of aromatic nitrogens is 1. The van der Waals surface area contributed by atoms with Crippen LogP contribution in [0.25, 0.3) is 10.9 Å². The van der Waals surface area contributed by atoms with Crippen LogP contribution in [-0.2, 0) is 11.3 Å². The van der Waals surface area contributed by atoms with Crippen molar-refractivity contribution in [1.82, 2.24) is 4.57 Å². The van der Waals surface area contributed by atoms with Gasteiger partial charge in [0, 0.05) is 21.6 Å². The minimum atomic E-state index is 0.401. The Balaban J connectivity index is 2.80. The summed E-state index contributed by atoms with van der Waals surface area (Å²) in [7, 11) is 0. The standard InChI is InChI=1S/C12H12ClNO/c1-8-9(2)14(5-6-15)12-4-3-10(13)7-11(8)12/h3-4,6-7H,5H2,1-2H3. The molecule has 0 fully saturated rings. The zero-order valence-corrected chi connectivity index (χ0v) is 9.51. The molecule has 0 unspecified atom stereocenters. The third-order valence-corrected chi connectivity index (χ3v) is 3.09. The molecule has 0 saturated heterocycles. The van der Waals surface area contributed by atoms with Crippen molar-refractivity contribution in [3.05, 3.63) is 34.5 Å². The molecule has 1 aromatic carbocycles. The minimum absolute atomic E-state index is 0.401. The fourth-order valence-electron chi connectivity index (χ4n) is 1.93. The van der Waals surface area contributed by atoms with E-state index in [1.807, 2.05) is 29.7 Å². The average molecular weight is 222 g/mol. The van der Waals surface area contributed by atoms with Gasteiger partial charge in [-0.25, -0.2) is 0 Å². The van der Waals surface area contributed by atoms with Crippen molar-refractivity contribution in [2.24, 2.45) is 0 Å². The first-order valence-electron chi connectivity index (χ1n) is 4.83. The summed E-state index contributed by atoms with van der Waals surface area (Å²) in [4.78, 5) is 10.6. The van der Waals surface area contributed by atoms with Crippen LogP contribution >= 0.6 is 11.6 Å². The maximum absolute atomic E-state index is 10.6. The van der Waals surface area contributed by atoms with Gasteiger partial charge < -0.3 is 9.36 Å². The zero-order valence-electron chi connectivity index (χ0n) is 8.75. The predicted octanol–water partition coefficient (Wildman–Crippen LogP) is 3.11. The Morgan fingerprint density at radius 3 is 2.80 bits per heavy atom. The van der Waals surface area contributed by atoms with E-state index < -0.39 is 0 Å². The first-order valence-corrected chi connectivity index (χ1v) is 5.21. The number of rotatable bonds is 2. The number of carbonyl (C=O) groups is 1. The van der Waals surface area contributed by atoms with Crippen LogP contribution in [0, 0.1) is 13.8 Å². The van der Waals surface area contributed by atoms with E-state index in [-0.39, 0.29) is 0 Å². The molecule has 15 heavy (non-hydrogen) atoms. The highest BCUT2D eigenvalue weighted by Gasteiger charge is 2.10. The van der Waals surface area contributed by atoms with E-state index >= 15 is 0 Å². The van der Waals surface area contributed by atoms with Crippen LogP contribution in [0.4, 0.5) is 0 Å². The highest BCUT2D eigenvalue weighted by atomic mass is 35.5. The van der Waals surface area contributed by atoms with E-state index in [9.17, 15) is 4.79 Å². The van der Waals surface area contributed by atoms with Crippen LogP contribution in [0.2, 0.25) is 5.02 Å². The summed E-state index contributed by atoms with van der Waals surface area (Å²) in [6.45, 7) is 4.47. The molecule has 3 heteroatoms. The van der Waals surface area contributed by atoms with Gasteiger partial charge >= 0.3 is 0 Å². The molecule has 0 aliphatic heterocycles. The van der Waals surface area contributed by atoms with Gasteiger partial charge in [-0.1, -0.05) is 11.6 Å². The number of carbonyl (C=O) groups excluding carboxylic acids is 1. The highest BCUT2D eigenvalue weighted by Crippen LogP contribution is 2.27. The lowest BCUT2D eigenvalue weighted by molar-refractivity contribution is -0.108. The van der Waals surface area contributed by atoms with Gasteiger partial charge in [0.1, 0.15) is 6.29 Å². The van der Waals surface area contributed by atoms with Crippen molar-refractivity contribution in [3.63, 3.8) is 0 Å². The summed E-state index contributed by atoms with van der Waals surface area (Å²) >= 11 is 5.95. The van der Waals surface area contributed by atoms with Gasteiger partial charge in [0.05, 0.1) is 6.54 Å². The van der Waals surface area contributed by atoms with Crippen LogP contribution in [0.15, 0.2) is 18.2 Å². The van der Waals surface area contributed by atoms with E-state index in [1.165, 1.54) is 5.56 Å². The van der Waals surface area contributed by atoms with Gasteiger partial charge in [-0.2, -0.15) is 0 Å². The number of nitrogens with zero attached hydrogens (tertiary/aromatic N) is 1. The molecule has 0 atom stereocenters. The van der Waals surface area contributed by atoms with Gasteiger partial charge in [-0.15, -0.1) is 0 Å². The van der Waals surface area contributed by atoms with Crippen LogP contribution in [0.1, 0.15) is 11.3 Å². The molecule has 78 valence electrons. The third kappa shape index (κ3) is 1.55. The monoisotopic (exact) mass is 221 g/mol. The van der Waals surface area contributed by atoms with Crippen molar-refractivity contribution in [2.75, 3.05) is 0 Å². The fraction of sp³-hybridized carbons (Fsp3) is 0.250. The number of fused-ring (bicyclic) bond motifs is 1. The molecule has 0 aliphatic carbocycles. The first-order chi connectivity index (χ1) is 7.15. The topological polar surface area (TPSA) is 22.0 Å². The largest absolute Gasteiger partial charge is 0.337 e. The molecule has 0 saturated carbocycles. The number of benzene rings is 1. The van der Waals surface area contributed by atoms with E-state index in [4.69, 9.17) is 11.6 Å². The Bertz CT molecular complexity index is 528. The van der Waals surface area contributed by atoms with Gasteiger partial charge in [-0.05, 0) is 37.6 Å². The molecule has 0 aliphatic rings. The molecule has 1 heterocycles. The molecule has 0 radical (unpaired) electrons. The third-order valence-electron chi connectivity index (χ3n) is 2.86. The normalized spacial score (nSPS) is 10.9. The van der Waals surface area contributed by atoms with Crippen LogP contribution in [0.3, 0.4) is 0 Å². The summed E-state index contributed by atoms with van der Waals surface area (Å²) in [6.07, 6.45) is 0.917. The molecule has 2 rings (SSSR count). The number of aldehydes is 1. The molecule has 0 spiro atoms. The highest BCUT2D eigenvalue weighted by molar-refractivity contribution is 6.31. The van der Waals surface area contributed by atoms with Gasteiger partial charge in [0.2, 0.25) is 0 Å². The van der Waals surface area contributed by atoms with E-state index in [1.54, 1.807) is 0 Å². The maximum atomic E-state index is 10.6. The molecular formula is C12H12ClNO. The van der Waals surface area contributed by atoms with Crippen LogP contribution in [-0.4, -0.2) is 10.9 Å². The first kappa shape index (κ1) is 10.2. The molecule has 1 aromatic heterocycles. The molecule has 0 N–H and O–H groups in total. The van der Waals surface area contributed by atoms with Crippen molar-refractivity contribution in [3.8, 4) is 0 Å². The van der Waals surface area contributed by atoms with Gasteiger partial charge in [-0.3, -0.25) is 0 Å². The number of aryl methyl sites for hydroxylation is 1. The second kappa shape index (κ2) is 3.70. The lowest BCUT2D eigenvalue weighted by Crippen LogP contribution is -2.00. The van der Waals surface area contributed by atoms with Crippen molar-refractivity contribution in [1.29, 1.82) is 0 Å². The smallest absolute Gasteiger partial charge is 0.139 e. The lowest BCUT2D eigenvalue weighted by Gasteiger charge is -2.02. The SMILES string of the molecule is Cc1c(C)n(CC=O)c2ccc(Cl)cc12. The van der Waals surface area contributed by atoms with Gasteiger partial charge in [0.25, 0.3) is 0 Å². The molecular weight excluding hydrogens is 210 g/mol. The minimum Gasteiger partial charge on any atom is -0.337 e. The zero-order chi connectivity index (χ0) is 11.0. The predicted molar refractivity (Wildman–Crippen MR) is 62.5 cm³/mol. The Hall–Kier alpha value is -1.28. The summed E-state index contributed by atoms with van der Waals surface area (Å²) < 4.78 is 2.01. The van der Waals surface area contributed by atoms with Crippen LogP contribution < -0.4 is 0 Å². The molecule has 2 nitrogen and oxygen atoms in total. The van der Waals surface area contributed by atoms with Crippen molar-refractivity contribution < 1.29 is 4.79 Å². The van der Waals surface area contributed by atoms with Crippen molar-refractivity contribution >= 4 is 28.8 Å². The fourth-order valence-corrected chi connectivity index (χ4v) is 2.10. The number of hydrogen-bond donors (Lipinski definition) is 0. The number of hydrogen-bond acceptors (Lipinski definition) is 1. The van der Waals surface area contributed by atoms with E-state index in [0.29, 0.717) is 6.54 Å². The Morgan fingerprint density at radius 2 is 2.13 bits per heavy atom. The summed E-state index contributed by atoms with van der Waals surface area (Å²) in [5.41, 5.74) is 3.38. The molecule has 0 amide bonds. The summed E-state index contributed by atoms with van der Waals surface area (Å²) in [6, 6.07) is 5.76. The molecule has 0 bridgehead atoms. The van der Waals surface area contributed by atoms with E-state index in [2.05, 4.69) is 6.92 Å². The average Bonchev–Trinajstić information content (AvgIpc) is 2.44. The Labute approximate surface area is 93.5 Å². The summed E-state index contributed by atoms with van der Waals surface area (Å²) in [5, 5.41) is 1.86. The van der Waals surface area contributed by atoms with Crippen molar-refractivity contribution in [2.45, 2.75) is 20.4 Å². The van der Waals surface area contributed by atoms with E-state index in [0.717, 1.165) is 27.9 Å². The maximum Gasteiger partial charge on any atom is 0.139 e. The molecule has 2 aromatic rings.